The Labute approximate surface area is 138 Å². The summed E-state index contributed by atoms with van der Waals surface area (Å²) in [5.41, 5.74) is 6.99. The van der Waals surface area contributed by atoms with E-state index in [9.17, 15) is 9.59 Å². The van der Waals surface area contributed by atoms with Crippen molar-refractivity contribution in [2.24, 2.45) is 0 Å². The number of nitrogens with one attached hydrogen (secondary N) is 1. The van der Waals surface area contributed by atoms with Crippen molar-refractivity contribution in [1.29, 1.82) is 0 Å². The van der Waals surface area contributed by atoms with Crippen molar-refractivity contribution in [1.82, 2.24) is 10.3 Å². The van der Waals surface area contributed by atoms with Gasteiger partial charge >= 0.3 is 5.97 Å². The molecule has 0 saturated heterocycles. The molecular formula is C16H19N3O5. The Morgan fingerprint density at radius 1 is 1.38 bits per heavy atom. The average Bonchev–Trinajstić information content (AvgIpc) is 3.08. The van der Waals surface area contributed by atoms with Crippen molar-refractivity contribution >= 4 is 17.6 Å². The first-order valence-corrected chi connectivity index (χ1v) is 7.37. The number of nitrogens with zero attached hydrogens (tertiary/aromatic N) is 1. The number of rotatable bonds is 7. The molecule has 1 aromatic carbocycles. The summed E-state index contributed by atoms with van der Waals surface area (Å²) in [6, 6.07) is 3.10. The molecule has 2 aromatic rings. The van der Waals surface area contributed by atoms with Crippen LogP contribution in [0, 0.1) is 0 Å². The summed E-state index contributed by atoms with van der Waals surface area (Å²) in [6.45, 7) is 2.18. The van der Waals surface area contributed by atoms with E-state index in [4.69, 9.17) is 19.6 Å². The number of anilines is 1. The number of hydrogen-bond acceptors (Lipinski definition) is 7. The molecule has 1 heterocycles. The highest BCUT2D eigenvalue weighted by Crippen LogP contribution is 2.33. The number of hydrogen-bond donors (Lipinski definition) is 2. The van der Waals surface area contributed by atoms with Crippen LogP contribution in [-0.2, 0) is 9.53 Å². The maximum absolute atomic E-state index is 12.3. The zero-order valence-electron chi connectivity index (χ0n) is 13.5. The van der Waals surface area contributed by atoms with Crippen LogP contribution in [0.1, 0.15) is 23.7 Å². The highest BCUT2D eigenvalue weighted by molar-refractivity contribution is 6.01. The first-order chi connectivity index (χ1) is 11.6. The predicted octanol–water partition coefficient (Wildman–Crippen LogP) is 1.62. The van der Waals surface area contributed by atoms with Crippen molar-refractivity contribution in [3.05, 3.63) is 30.3 Å². The third-order valence-corrected chi connectivity index (χ3v) is 3.23. The summed E-state index contributed by atoms with van der Waals surface area (Å²) < 4.78 is 15.3. The summed E-state index contributed by atoms with van der Waals surface area (Å²) in [6.07, 6.45) is 2.88. The van der Waals surface area contributed by atoms with Gasteiger partial charge in [0, 0.05) is 18.3 Å². The lowest BCUT2D eigenvalue weighted by Gasteiger charge is -2.12. The number of nitrogen functional groups attached to an aromatic ring is 1. The third kappa shape index (κ3) is 4.03. The van der Waals surface area contributed by atoms with Crippen molar-refractivity contribution < 1.29 is 23.5 Å². The fourth-order valence-corrected chi connectivity index (χ4v) is 2.11. The highest BCUT2D eigenvalue weighted by atomic mass is 16.5. The van der Waals surface area contributed by atoms with Crippen molar-refractivity contribution in [3.8, 4) is 17.1 Å². The van der Waals surface area contributed by atoms with Gasteiger partial charge in [0.25, 0.3) is 5.91 Å². The number of carbonyl (C=O) groups is 2. The molecule has 0 spiro atoms. The number of esters is 1. The van der Waals surface area contributed by atoms with Crippen molar-refractivity contribution in [3.63, 3.8) is 0 Å². The molecule has 0 aliphatic heterocycles. The van der Waals surface area contributed by atoms with Crippen LogP contribution in [0.25, 0.3) is 11.3 Å². The van der Waals surface area contributed by atoms with Gasteiger partial charge < -0.3 is 24.9 Å². The number of methoxy groups -OCH3 is 1. The van der Waals surface area contributed by atoms with Crippen LogP contribution in [0.4, 0.5) is 5.69 Å². The van der Waals surface area contributed by atoms with Crippen LogP contribution in [0.3, 0.4) is 0 Å². The average molecular weight is 333 g/mol. The van der Waals surface area contributed by atoms with Gasteiger partial charge in [-0.05, 0) is 13.0 Å². The molecule has 0 aliphatic carbocycles. The van der Waals surface area contributed by atoms with E-state index in [1.165, 1.54) is 25.8 Å². The van der Waals surface area contributed by atoms with Gasteiger partial charge in [-0.25, -0.2) is 4.98 Å². The maximum atomic E-state index is 12.3. The minimum absolute atomic E-state index is 0.0879. The summed E-state index contributed by atoms with van der Waals surface area (Å²) in [7, 11) is 1.49. The largest absolute Gasteiger partial charge is 0.496 e. The molecule has 0 atom stereocenters. The van der Waals surface area contributed by atoms with E-state index in [1.54, 1.807) is 13.0 Å². The van der Waals surface area contributed by atoms with Crippen LogP contribution >= 0.6 is 0 Å². The van der Waals surface area contributed by atoms with Crippen LogP contribution in [0.2, 0.25) is 0 Å². The molecular weight excluding hydrogens is 314 g/mol. The fourth-order valence-electron chi connectivity index (χ4n) is 2.11. The summed E-state index contributed by atoms with van der Waals surface area (Å²) in [5.74, 6) is 0.141. The number of carbonyl (C=O) groups excluding carboxylic acids is 2. The number of nitrogens with two attached hydrogens (primary N) is 1. The first kappa shape index (κ1) is 17.3. The molecule has 0 fully saturated rings. The number of oxazole rings is 1. The zero-order valence-corrected chi connectivity index (χ0v) is 13.5. The van der Waals surface area contributed by atoms with Crippen LogP contribution in [-0.4, -0.2) is 37.1 Å². The smallest absolute Gasteiger partial charge is 0.307 e. The lowest BCUT2D eigenvalue weighted by atomic mass is 10.0. The van der Waals surface area contributed by atoms with E-state index >= 15 is 0 Å². The van der Waals surface area contributed by atoms with Crippen LogP contribution < -0.4 is 15.8 Å². The van der Waals surface area contributed by atoms with Gasteiger partial charge in [0.05, 0.1) is 37.5 Å². The van der Waals surface area contributed by atoms with E-state index in [1.807, 2.05) is 0 Å². The van der Waals surface area contributed by atoms with E-state index in [-0.39, 0.29) is 30.2 Å². The van der Waals surface area contributed by atoms with Gasteiger partial charge in [-0.3, -0.25) is 9.59 Å². The fraction of sp³-hybridized carbons (Fsp3) is 0.312. The third-order valence-electron chi connectivity index (χ3n) is 3.23. The second kappa shape index (κ2) is 8.00. The molecule has 0 bridgehead atoms. The minimum Gasteiger partial charge on any atom is -0.496 e. The standard InChI is InChI=1S/C16H19N3O5/c1-3-23-15(20)4-5-19-16(21)10-6-11(14-8-18-9-24-14)13(22-2)7-12(10)17/h6-9H,3-5,17H2,1-2H3,(H,19,21). The Morgan fingerprint density at radius 2 is 2.17 bits per heavy atom. The van der Waals surface area contributed by atoms with Crippen molar-refractivity contribution in [2.75, 3.05) is 26.0 Å². The van der Waals surface area contributed by atoms with Gasteiger partial charge in [-0.2, -0.15) is 0 Å². The van der Waals surface area contributed by atoms with Gasteiger partial charge in [0.15, 0.2) is 12.2 Å². The van der Waals surface area contributed by atoms with E-state index in [0.717, 1.165) is 0 Å². The maximum Gasteiger partial charge on any atom is 0.307 e. The van der Waals surface area contributed by atoms with Gasteiger partial charge in [0.1, 0.15) is 5.75 Å². The van der Waals surface area contributed by atoms with Gasteiger partial charge in [-0.1, -0.05) is 0 Å². The normalized spacial score (nSPS) is 10.2. The molecule has 8 nitrogen and oxygen atoms in total. The Kier molecular flexibility index (Phi) is 5.78. The summed E-state index contributed by atoms with van der Waals surface area (Å²) in [5, 5.41) is 2.63. The second-order valence-corrected chi connectivity index (χ2v) is 4.82. The number of benzene rings is 1. The first-order valence-electron chi connectivity index (χ1n) is 7.37. The summed E-state index contributed by atoms with van der Waals surface area (Å²) >= 11 is 0. The Bertz CT molecular complexity index is 713. The molecule has 0 unspecified atom stereocenters. The quantitative estimate of drug-likeness (QED) is 0.584. The molecule has 3 N–H and O–H groups in total. The molecule has 24 heavy (non-hydrogen) atoms. The topological polar surface area (TPSA) is 117 Å². The number of ether oxygens (including phenoxy) is 2. The van der Waals surface area contributed by atoms with Gasteiger partial charge in [-0.15, -0.1) is 0 Å². The number of amides is 1. The molecule has 1 aromatic heterocycles. The molecule has 8 heteroatoms. The Morgan fingerprint density at radius 3 is 2.79 bits per heavy atom. The summed E-state index contributed by atoms with van der Waals surface area (Å²) in [4.78, 5) is 27.4. The number of aromatic nitrogens is 1. The second-order valence-electron chi connectivity index (χ2n) is 4.82. The van der Waals surface area contributed by atoms with Crippen LogP contribution in [0.5, 0.6) is 5.75 Å². The molecule has 0 aliphatic rings. The van der Waals surface area contributed by atoms with Gasteiger partial charge in [0.2, 0.25) is 0 Å². The Balaban J connectivity index is 2.16. The van der Waals surface area contributed by atoms with E-state index in [0.29, 0.717) is 23.7 Å². The molecule has 1 amide bonds. The predicted molar refractivity (Wildman–Crippen MR) is 86.5 cm³/mol. The van der Waals surface area contributed by atoms with Crippen molar-refractivity contribution in [2.45, 2.75) is 13.3 Å². The molecule has 128 valence electrons. The minimum atomic E-state index is -0.403. The monoisotopic (exact) mass is 333 g/mol. The highest BCUT2D eigenvalue weighted by Gasteiger charge is 2.17. The van der Waals surface area contributed by atoms with E-state index < -0.39 is 5.91 Å². The Hall–Kier alpha value is -3.03. The SMILES string of the molecule is CCOC(=O)CCNC(=O)c1cc(-c2cnco2)c(OC)cc1N. The lowest BCUT2D eigenvalue weighted by molar-refractivity contribution is -0.142. The zero-order chi connectivity index (χ0) is 17.5. The molecule has 0 saturated carbocycles. The van der Waals surface area contributed by atoms with Crippen LogP contribution in [0.15, 0.2) is 29.1 Å². The van der Waals surface area contributed by atoms with E-state index in [2.05, 4.69) is 10.3 Å². The molecule has 2 rings (SSSR count). The molecule has 0 radical (unpaired) electrons. The lowest BCUT2D eigenvalue weighted by Crippen LogP contribution is -2.27.